The number of carbonyl (C=O) groups excluding carboxylic acids is 1. The van der Waals surface area contributed by atoms with Crippen molar-refractivity contribution in [3.63, 3.8) is 0 Å². The molecule has 12 heavy (non-hydrogen) atoms. The Labute approximate surface area is 74.3 Å². The molecule has 0 amide bonds. The zero-order valence-electron chi connectivity index (χ0n) is 8.01. The van der Waals surface area contributed by atoms with Gasteiger partial charge in [0, 0.05) is 6.42 Å². The molecule has 1 saturated carbocycles. The van der Waals surface area contributed by atoms with E-state index in [0.717, 1.165) is 6.42 Å². The van der Waals surface area contributed by atoms with Gasteiger partial charge in [-0.3, -0.25) is 4.79 Å². The third-order valence-electron chi connectivity index (χ3n) is 2.64. The number of Topliss-reactive ketones (excluding diaryl/α,β-unsaturated/α-hetero) is 1. The summed E-state index contributed by atoms with van der Waals surface area (Å²) in [7, 11) is 0. The number of hydrogen-bond donors (Lipinski definition) is 0. The summed E-state index contributed by atoms with van der Waals surface area (Å²) in [6, 6.07) is 0. The molecule has 0 aromatic heterocycles. The maximum Gasteiger partial charge on any atom is 0.158 e. The van der Waals surface area contributed by atoms with Gasteiger partial charge in [-0.05, 0) is 18.8 Å². The van der Waals surface area contributed by atoms with Gasteiger partial charge in [-0.15, -0.1) is 0 Å². The Balaban J connectivity index is 2.18. The first-order valence-corrected chi connectivity index (χ1v) is 4.87. The first-order valence-electron chi connectivity index (χ1n) is 4.87. The average Bonchev–Trinajstić information content (AvgIpc) is 2.47. The predicted octanol–water partition coefficient (Wildman–Crippen LogP) is 2.17. The number of ketones is 1. The quantitative estimate of drug-likeness (QED) is 0.646. The number of hydrogen-bond acceptors (Lipinski definition) is 2. The second kappa shape index (κ2) is 4.61. The summed E-state index contributed by atoms with van der Waals surface area (Å²) in [5, 5.41) is 0. The molecule has 1 fully saturated rings. The largest absolute Gasteiger partial charge is 0.370 e. The van der Waals surface area contributed by atoms with E-state index in [4.69, 9.17) is 4.74 Å². The standard InChI is InChI=1S/C10H18O2/c1-3-9(11)7-12-10-6-4-5-8(10)2/h8,10H,3-7H2,1-2H3. The third-order valence-corrected chi connectivity index (χ3v) is 2.64. The summed E-state index contributed by atoms with van der Waals surface area (Å²) >= 11 is 0. The van der Waals surface area contributed by atoms with Crippen LogP contribution in [-0.4, -0.2) is 18.5 Å². The van der Waals surface area contributed by atoms with Gasteiger partial charge in [0.1, 0.15) is 6.61 Å². The van der Waals surface area contributed by atoms with Crippen molar-refractivity contribution in [1.29, 1.82) is 0 Å². The lowest BCUT2D eigenvalue weighted by Crippen LogP contribution is -2.19. The minimum atomic E-state index is 0.217. The minimum absolute atomic E-state index is 0.217. The van der Waals surface area contributed by atoms with Crippen LogP contribution in [0.5, 0.6) is 0 Å². The summed E-state index contributed by atoms with van der Waals surface area (Å²) in [5.41, 5.74) is 0. The Morgan fingerprint density at radius 1 is 1.50 bits per heavy atom. The van der Waals surface area contributed by atoms with E-state index in [1.54, 1.807) is 0 Å². The van der Waals surface area contributed by atoms with Crippen LogP contribution in [0.4, 0.5) is 0 Å². The predicted molar refractivity (Wildman–Crippen MR) is 48.1 cm³/mol. The summed E-state index contributed by atoms with van der Waals surface area (Å²) < 4.78 is 5.52. The molecular weight excluding hydrogens is 152 g/mol. The fourth-order valence-corrected chi connectivity index (χ4v) is 1.66. The molecule has 1 aliphatic carbocycles. The summed E-state index contributed by atoms with van der Waals surface area (Å²) in [4.78, 5) is 11.0. The first kappa shape index (κ1) is 9.72. The van der Waals surface area contributed by atoms with Gasteiger partial charge in [0.25, 0.3) is 0 Å². The van der Waals surface area contributed by atoms with Crippen LogP contribution in [-0.2, 0) is 9.53 Å². The second-order valence-electron chi connectivity index (χ2n) is 3.65. The van der Waals surface area contributed by atoms with E-state index < -0.39 is 0 Å². The SMILES string of the molecule is CCC(=O)COC1CCCC1C. The zero-order valence-corrected chi connectivity index (χ0v) is 8.01. The lowest BCUT2D eigenvalue weighted by atomic mass is 10.1. The number of rotatable bonds is 4. The first-order chi connectivity index (χ1) is 5.74. The molecule has 0 heterocycles. The molecule has 0 spiro atoms. The van der Waals surface area contributed by atoms with Crippen molar-refractivity contribution in [3.8, 4) is 0 Å². The summed E-state index contributed by atoms with van der Waals surface area (Å²) in [5.74, 6) is 0.865. The molecule has 0 radical (unpaired) electrons. The zero-order chi connectivity index (χ0) is 8.97. The molecule has 70 valence electrons. The molecule has 0 aliphatic heterocycles. The van der Waals surface area contributed by atoms with Gasteiger partial charge in [0.2, 0.25) is 0 Å². The highest BCUT2D eigenvalue weighted by atomic mass is 16.5. The van der Waals surface area contributed by atoms with E-state index >= 15 is 0 Å². The van der Waals surface area contributed by atoms with Gasteiger partial charge >= 0.3 is 0 Å². The smallest absolute Gasteiger partial charge is 0.158 e. The molecular formula is C10H18O2. The monoisotopic (exact) mass is 170 g/mol. The minimum Gasteiger partial charge on any atom is -0.370 e. The van der Waals surface area contributed by atoms with Crippen LogP contribution in [0.25, 0.3) is 0 Å². The van der Waals surface area contributed by atoms with E-state index in [2.05, 4.69) is 6.92 Å². The molecule has 0 aromatic rings. The van der Waals surface area contributed by atoms with Crippen LogP contribution in [0.3, 0.4) is 0 Å². The molecule has 0 aromatic carbocycles. The number of ether oxygens (including phenoxy) is 1. The Morgan fingerprint density at radius 3 is 2.75 bits per heavy atom. The van der Waals surface area contributed by atoms with E-state index in [1.807, 2.05) is 6.92 Å². The molecule has 1 rings (SSSR count). The Morgan fingerprint density at radius 2 is 2.25 bits per heavy atom. The maximum absolute atomic E-state index is 11.0. The van der Waals surface area contributed by atoms with E-state index in [0.29, 0.717) is 25.0 Å². The average molecular weight is 170 g/mol. The molecule has 1 aliphatic rings. The molecule has 0 saturated heterocycles. The normalized spacial score (nSPS) is 29.2. The highest BCUT2D eigenvalue weighted by molar-refractivity contribution is 5.79. The Kier molecular flexibility index (Phi) is 3.73. The van der Waals surface area contributed by atoms with E-state index in [9.17, 15) is 4.79 Å². The molecule has 2 heteroatoms. The lowest BCUT2D eigenvalue weighted by molar-refractivity contribution is -0.125. The van der Waals surface area contributed by atoms with Gasteiger partial charge in [-0.1, -0.05) is 20.3 Å². The Bertz CT molecular complexity index is 154. The topological polar surface area (TPSA) is 26.3 Å². The van der Waals surface area contributed by atoms with Gasteiger partial charge in [-0.2, -0.15) is 0 Å². The lowest BCUT2D eigenvalue weighted by Gasteiger charge is -2.15. The molecule has 2 nitrogen and oxygen atoms in total. The maximum atomic E-state index is 11.0. The van der Waals surface area contributed by atoms with Crippen molar-refractivity contribution in [2.75, 3.05) is 6.61 Å². The molecule has 0 N–H and O–H groups in total. The van der Waals surface area contributed by atoms with Gasteiger partial charge in [-0.25, -0.2) is 0 Å². The van der Waals surface area contributed by atoms with Crippen LogP contribution in [0, 0.1) is 5.92 Å². The van der Waals surface area contributed by atoms with Crippen molar-refractivity contribution in [3.05, 3.63) is 0 Å². The second-order valence-corrected chi connectivity index (χ2v) is 3.65. The fraction of sp³-hybridized carbons (Fsp3) is 0.900. The van der Waals surface area contributed by atoms with Crippen LogP contribution >= 0.6 is 0 Å². The van der Waals surface area contributed by atoms with Gasteiger partial charge in [0.05, 0.1) is 6.10 Å². The van der Waals surface area contributed by atoms with E-state index in [1.165, 1.54) is 12.8 Å². The summed E-state index contributed by atoms with van der Waals surface area (Å²) in [6.45, 7) is 4.41. The summed E-state index contributed by atoms with van der Waals surface area (Å²) in [6.07, 6.45) is 4.59. The van der Waals surface area contributed by atoms with Crippen LogP contribution in [0.15, 0.2) is 0 Å². The molecule has 2 unspecified atom stereocenters. The van der Waals surface area contributed by atoms with Crippen molar-refractivity contribution in [2.45, 2.75) is 45.6 Å². The van der Waals surface area contributed by atoms with Gasteiger partial charge in [0.15, 0.2) is 5.78 Å². The Hall–Kier alpha value is -0.370. The van der Waals surface area contributed by atoms with Crippen LogP contribution in [0.1, 0.15) is 39.5 Å². The number of carbonyl (C=O) groups is 1. The van der Waals surface area contributed by atoms with Crippen molar-refractivity contribution >= 4 is 5.78 Å². The fourth-order valence-electron chi connectivity index (χ4n) is 1.66. The molecule has 0 bridgehead atoms. The van der Waals surface area contributed by atoms with Gasteiger partial charge < -0.3 is 4.74 Å². The van der Waals surface area contributed by atoms with Crippen molar-refractivity contribution in [2.24, 2.45) is 5.92 Å². The van der Waals surface area contributed by atoms with Crippen molar-refractivity contribution in [1.82, 2.24) is 0 Å². The van der Waals surface area contributed by atoms with Crippen LogP contribution < -0.4 is 0 Å². The van der Waals surface area contributed by atoms with Crippen LogP contribution in [0.2, 0.25) is 0 Å². The molecule has 2 atom stereocenters. The highest BCUT2D eigenvalue weighted by Gasteiger charge is 2.24. The van der Waals surface area contributed by atoms with E-state index in [-0.39, 0.29) is 5.78 Å². The highest BCUT2D eigenvalue weighted by Crippen LogP contribution is 2.27. The third kappa shape index (κ3) is 2.59. The van der Waals surface area contributed by atoms with Crippen molar-refractivity contribution < 1.29 is 9.53 Å².